The summed E-state index contributed by atoms with van der Waals surface area (Å²) < 4.78 is 7.77. The fraction of sp³-hybridized carbons (Fsp3) is 0.364. The van der Waals surface area contributed by atoms with Crippen LogP contribution in [0.3, 0.4) is 0 Å². The summed E-state index contributed by atoms with van der Waals surface area (Å²) in [5.41, 5.74) is 1.07. The van der Waals surface area contributed by atoms with E-state index in [0.29, 0.717) is 27.7 Å². The second-order valence-corrected chi connectivity index (χ2v) is 5.53. The molecule has 0 unspecified atom stereocenters. The van der Waals surface area contributed by atoms with Gasteiger partial charge in [-0.1, -0.05) is 11.4 Å². The predicted octanol–water partition coefficient (Wildman–Crippen LogP) is 1.84. The van der Waals surface area contributed by atoms with Crippen molar-refractivity contribution < 1.29 is 14.7 Å². The molecule has 0 aliphatic heterocycles. The zero-order chi connectivity index (χ0) is 14.9. The van der Waals surface area contributed by atoms with Gasteiger partial charge in [0, 0.05) is 7.05 Å². The number of amides is 1. The van der Waals surface area contributed by atoms with E-state index in [4.69, 9.17) is 0 Å². The van der Waals surface area contributed by atoms with E-state index in [1.807, 2.05) is 6.92 Å². The number of aromatic nitrogens is 3. The van der Waals surface area contributed by atoms with Crippen LogP contribution in [0, 0.1) is 6.92 Å². The molecule has 2 rings (SSSR count). The zero-order valence-corrected chi connectivity index (χ0v) is 12.7. The van der Waals surface area contributed by atoms with Crippen LogP contribution >= 0.6 is 23.1 Å². The number of carboxylic acids is 1. The van der Waals surface area contributed by atoms with E-state index in [1.165, 1.54) is 11.9 Å². The van der Waals surface area contributed by atoms with Crippen LogP contribution in [0.5, 0.6) is 0 Å². The van der Waals surface area contributed by atoms with E-state index in [9.17, 15) is 14.7 Å². The summed E-state index contributed by atoms with van der Waals surface area (Å²) in [4.78, 5) is 25.4. The molecule has 0 aromatic carbocycles. The SMILES string of the molecule is CCc1nnsc1C(=O)N(C)c1snc(C)c1C(=O)O. The van der Waals surface area contributed by atoms with Gasteiger partial charge in [-0.15, -0.1) is 5.10 Å². The molecule has 106 valence electrons. The van der Waals surface area contributed by atoms with Crippen LogP contribution in [0.25, 0.3) is 0 Å². The van der Waals surface area contributed by atoms with Crippen molar-refractivity contribution in [2.75, 3.05) is 11.9 Å². The standard InChI is InChI=1S/C11H12N4O3S2/c1-4-6-8(19-14-12-6)9(16)15(3)10-7(11(17)18)5(2)13-20-10/h4H2,1-3H3,(H,17,18). The largest absolute Gasteiger partial charge is 0.478 e. The average Bonchev–Trinajstić information content (AvgIpc) is 3.02. The first-order valence-corrected chi connectivity index (χ1v) is 7.30. The Morgan fingerprint density at radius 3 is 2.65 bits per heavy atom. The number of carboxylic acid groups (broad SMARTS) is 1. The molecule has 1 N–H and O–H groups in total. The van der Waals surface area contributed by atoms with E-state index >= 15 is 0 Å². The Bertz CT molecular complexity index is 664. The van der Waals surface area contributed by atoms with Crippen LogP contribution in [0.1, 0.15) is 38.3 Å². The molecule has 0 aliphatic rings. The number of nitrogens with zero attached hydrogens (tertiary/aromatic N) is 4. The Labute approximate surface area is 123 Å². The third-order valence-corrected chi connectivity index (χ3v) is 4.52. The van der Waals surface area contributed by atoms with Crippen molar-refractivity contribution in [3.8, 4) is 0 Å². The molecular formula is C11H12N4O3S2. The molecule has 0 atom stereocenters. The molecule has 2 aromatic rings. The van der Waals surface area contributed by atoms with Crippen LogP contribution in [-0.2, 0) is 6.42 Å². The van der Waals surface area contributed by atoms with E-state index in [0.717, 1.165) is 23.1 Å². The Morgan fingerprint density at radius 1 is 1.35 bits per heavy atom. The molecule has 9 heteroatoms. The van der Waals surface area contributed by atoms with Crippen LogP contribution in [0.15, 0.2) is 0 Å². The van der Waals surface area contributed by atoms with Crippen molar-refractivity contribution in [3.63, 3.8) is 0 Å². The van der Waals surface area contributed by atoms with Gasteiger partial charge >= 0.3 is 5.97 Å². The van der Waals surface area contributed by atoms with Gasteiger partial charge in [0.2, 0.25) is 0 Å². The van der Waals surface area contributed by atoms with Gasteiger partial charge in [0.15, 0.2) is 0 Å². The molecule has 0 radical (unpaired) electrons. The Balaban J connectivity index is 2.39. The molecule has 2 heterocycles. The lowest BCUT2D eigenvalue weighted by atomic mass is 10.2. The van der Waals surface area contributed by atoms with E-state index in [1.54, 1.807) is 6.92 Å². The first-order valence-electron chi connectivity index (χ1n) is 5.76. The Hall–Kier alpha value is -1.87. The molecule has 0 fully saturated rings. The van der Waals surface area contributed by atoms with Gasteiger partial charge in [0.05, 0.1) is 11.4 Å². The minimum absolute atomic E-state index is 0.0568. The fourth-order valence-electron chi connectivity index (χ4n) is 1.68. The summed E-state index contributed by atoms with van der Waals surface area (Å²) in [6.45, 7) is 3.49. The normalized spacial score (nSPS) is 10.6. The molecule has 2 aromatic heterocycles. The molecule has 0 spiro atoms. The summed E-state index contributed by atoms with van der Waals surface area (Å²) in [6, 6.07) is 0. The van der Waals surface area contributed by atoms with E-state index < -0.39 is 5.97 Å². The highest BCUT2D eigenvalue weighted by Gasteiger charge is 2.27. The summed E-state index contributed by atoms with van der Waals surface area (Å²) in [7, 11) is 1.53. The smallest absolute Gasteiger partial charge is 0.340 e. The number of hydrogen-bond acceptors (Lipinski definition) is 7. The van der Waals surface area contributed by atoms with Crippen molar-refractivity contribution >= 4 is 39.9 Å². The highest BCUT2D eigenvalue weighted by molar-refractivity contribution is 7.11. The summed E-state index contributed by atoms with van der Waals surface area (Å²) >= 11 is 2.00. The maximum absolute atomic E-state index is 12.4. The fourth-order valence-corrected chi connectivity index (χ4v) is 3.25. The average molecular weight is 312 g/mol. The number of hydrogen-bond donors (Lipinski definition) is 1. The maximum atomic E-state index is 12.4. The first kappa shape index (κ1) is 14.5. The maximum Gasteiger partial charge on any atom is 0.340 e. The number of aromatic carboxylic acids is 1. The molecule has 1 amide bonds. The first-order chi connectivity index (χ1) is 9.47. The van der Waals surface area contributed by atoms with Gasteiger partial charge in [0.1, 0.15) is 15.4 Å². The summed E-state index contributed by atoms with van der Waals surface area (Å²) in [5.74, 6) is -1.41. The van der Waals surface area contributed by atoms with Gasteiger partial charge in [-0.3, -0.25) is 9.69 Å². The monoisotopic (exact) mass is 312 g/mol. The van der Waals surface area contributed by atoms with Gasteiger partial charge in [-0.25, -0.2) is 4.79 Å². The number of rotatable bonds is 4. The lowest BCUT2D eigenvalue weighted by Crippen LogP contribution is -2.27. The number of aryl methyl sites for hydroxylation is 2. The van der Waals surface area contributed by atoms with Crippen LogP contribution in [0.2, 0.25) is 0 Å². The van der Waals surface area contributed by atoms with Gasteiger partial charge in [-0.2, -0.15) is 4.37 Å². The van der Waals surface area contributed by atoms with Crippen LogP contribution in [0.4, 0.5) is 5.00 Å². The number of carbonyl (C=O) groups is 2. The van der Waals surface area contributed by atoms with E-state index in [-0.39, 0.29) is 11.5 Å². The zero-order valence-electron chi connectivity index (χ0n) is 11.1. The Kier molecular flexibility index (Phi) is 4.09. The molecule has 0 saturated heterocycles. The van der Waals surface area contributed by atoms with Gasteiger partial charge < -0.3 is 5.11 Å². The van der Waals surface area contributed by atoms with Crippen LogP contribution in [-0.4, -0.2) is 38.0 Å². The molecule has 20 heavy (non-hydrogen) atoms. The number of anilines is 1. The quantitative estimate of drug-likeness (QED) is 0.925. The highest BCUT2D eigenvalue weighted by Crippen LogP contribution is 2.29. The van der Waals surface area contributed by atoms with Gasteiger partial charge in [-0.05, 0) is 36.4 Å². The third kappa shape index (κ3) is 2.41. The van der Waals surface area contributed by atoms with Crippen molar-refractivity contribution in [1.29, 1.82) is 0 Å². The number of carbonyl (C=O) groups excluding carboxylic acids is 1. The summed E-state index contributed by atoms with van der Waals surface area (Å²) in [5, 5.41) is 13.4. The van der Waals surface area contributed by atoms with Crippen molar-refractivity contribution in [2.24, 2.45) is 0 Å². The summed E-state index contributed by atoms with van der Waals surface area (Å²) in [6.07, 6.45) is 0.596. The second-order valence-electron chi connectivity index (χ2n) is 4.02. The van der Waals surface area contributed by atoms with E-state index in [2.05, 4.69) is 14.0 Å². The van der Waals surface area contributed by atoms with Crippen molar-refractivity contribution in [3.05, 3.63) is 21.8 Å². The topological polar surface area (TPSA) is 96.3 Å². The molecule has 0 bridgehead atoms. The minimum atomic E-state index is -1.09. The lowest BCUT2D eigenvalue weighted by Gasteiger charge is -2.14. The van der Waals surface area contributed by atoms with Crippen molar-refractivity contribution in [1.82, 2.24) is 14.0 Å². The molecular weight excluding hydrogens is 300 g/mol. The second kappa shape index (κ2) is 5.63. The molecule has 0 saturated carbocycles. The highest BCUT2D eigenvalue weighted by atomic mass is 32.1. The molecule has 7 nitrogen and oxygen atoms in total. The van der Waals surface area contributed by atoms with Gasteiger partial charge in [0.25, 0.3) is 5.91 Å². The Morgan fingerprint density at radius 2 is 2.05 bits per heavy atom. The molecule has 0 aliphatic carbocycles. The minimum Gasteiger partial charge on any atom is -0.478 e. The lowest BCUT2D eigenvalue weighted by molar-refractivity contribution is 0.0697. The van der Waals surface area contributed by atoms with Crippen LogP contribution < -0.4 is 4.90 Å². The van der Waals surface area contributed by atoms with Crippen molar-refractivity contribution in [2.45, 2.75) is 20.3 Å². The third-order valence-electron chi connectivity index (χ3n) is 2.75. The predicted molar refractivity (Wildman–Crippen MR) is 75.8 cm³/mol.